The van der Waals surface area contributed by atoms with Crippen LogP contribution in [0.3, 0.4) is 0 Å². The van der Waals surface area contributed by atoms with Crippen molar-refractivity contribution < 1.29 is 5.11 Å². The number of hydrogen-bond donors (Lipinski definition) is 3. The van der Waals surface area contributed by atoms with Gasteiger partial charge in [0, 0.05) is 6.61 Å². The van der Waals surface area contributed by atoms with Gasteiger partial charge in [0.2, 0.25) is 0 Å². The first-order chi connectivity index (χ1) is 5.38. The van der Waals surface area contributed by atoms with Gasteiger partial charge in [0.05, 0.1) is 0 Å². The molecule has 1 aliphatic heterocycles. The predicted octanol–water partition coefficient (Wildman–Crippen LogP) is 0.524. The highest BCUT2D eigenvalue weighted by Gasteiger charge is 2.21. The molecule has 0 saturated carbocycles. The zero-order chi connectivity index (χ0) is 8.10. The van der Waals surface area contributed by atoms with Crippen LogP contribution in [0.2, 0.25) is 0 Å². The molecule has 3 heteroatoms. The van der Waals surface area contributed by atoms with Gasteiger partial charge >= 0.3 is 0 Å². The molecule has 0 bridgehead atoms. The number of thiol groups is 1. The molecule has 1 heterocycles. The van der Waals surface area contributed by atoms with E-state index in [2.05, 4.69) is 17.9 Å². The number of piperidine rings is 1. The van der Waals surface area contributed by atoms with Gasteiger partial charge in [-0.2, -0.15) is 12.6 Å². The number of hydrogen-bond acceptors (Lipinski definition) is 3. The summed E-state index contributed by atoms with van der Waals surface area (Å²) in [5, 5.41) is 12.3. The van der Waals surface area contributed by atoms with E-state index < -0.39 is 0 Å². The van der Waals surface area contributed by atoms with Crippen LogP contribution in [0.15, 0.2) is 0 Å². The second kappa shape index (κ2) is 5.01. The van der Waals surface area contributed by atoms with E-state index in [4.69, 9.17) is 5.11 Å². The van der Waals surface area contributed by atoms with Crippen molar-refractivity contribution in [2.75, 3.05) is 25.4 Å². The minimum atomic E-state index is 0.300. The molecule has 66 valence electrons. The summed E-state index contributed by atoms with van der Waals surface area (Å²) in [6, 6.07) is 0. The van der Waals surface area contributed by atoms with Crippen LogP contribution in [0, 0.1) is 11.8 Å². The van der Waals surface area contributed by atoms with Gasteiger partial charge in [-0.25, -0.2) is 0 Å². The molecule has 2 N–H and O–H groups in total. The lowest BCUT2D eigenvalue weighted by Gasteiger charge is -2.28. The Bertz CT molecular complexity index is 100. The molecule has 0 aromatic heterocycles. The van der Waals surface area contributed by atoms with Crippen molar-refractivity contribution in [1.82, 2.24) is 5.32 Å². The van der Waals surface area contributed by atoms with Crippen molar-refractivity contribution in [3.8, 4) is 0 Å². The molecule has 11 heavy (non-hydrogen) atoms. The molecule has 0 spiro atoms. The molecule has 1 saturated heterocycles. The number of aliphatic hydroxyl groups excluding tert-OH is 1. The Labute approximate surface area is 73.8 Å². The van der Waals surface area contributed by atoms with Crippen molar-refractivity contribution in [3.63, 3.8) is 0 Å². The first-order valence-electron chi connectivity index (χ1n) is 4.31. The van der Waals surface area contributed by atoms with Gasteiger partial charge in [0.15, 0.2) is 0 Å². The molecule has 1 unspecified atom stereocenters. The average Bonchev–Trinajstić information content (AvgIpc) is 2.09. The van der Waals surface area contributed by atoms with Crippen molar-refractivity contribution in [3.05, 3.63) is 0 Å². The zero-order valence-corrected chi connectivity index (χ0v) is 7.69. The molecule has 1 fully saturated rings. The van der Waals surface area contributed by atoms with Gasteiger partial charge in [0.1, 0.15) is 0 Å². The predicted molar refractivity (Wildman–Crippen MR) is 50.0 cm³/mol. The van der Waals surface area contributed by atoms with Gasteiger partial charge in [-0.3, -0.25) is 0 Å². The Kier molecular flexibility index (Phi) is 4.26. The second-order valence-corrected chi connectivity index (χ2v) is 3.58. The van der Waals surface area contributed by atoms with Gasteiger partial charge in [-0.15, -0.1) is 0 Å². The average molecular weight is 175 g/mol. The van der Waals surface area contributed by atoms with Crippen LogP contribution < -0.4 is 5.32 Å². The minimum Gasteiger partial charge on any atom is -0.396 e. The highest BCUT2D eigenvalue weighted by atomic mass is 32.1. The van der Waals surface area contributed by atoms with Gasteiger partial charge in [-0.1, -0.05) is 0 Å². The Morgan fingerprint density at radius 2 is 2.09 bits per heavy atom. The van der Waals surface area contributed by atoms with E-state index in [9.17, 15) is 0 Å². The van der Waals surface area contributed by atoms with Crippen LogP contribution in [0.5, 0.6) is 0 Å². The fourth-order valence-corrected chi connectivity index (χ4v) is 2.09. The molecule has 0 radical (unpaired) electrons. The third kappa shape index (κ3) is 2.65. The van der Waals surface area contributed by atoms with Crippen molar-refractivity contribution >= 4 is 12.6 Å². The summed E-state index contributed by atoms with van der Waals surface area (Å²) in [6.07, 6.45) is 2.40. The highest BCUT2D eigenvalue weighted by molar-refractivity contribution is 7.80. The Balaban J connectivity index is 2.30. The standard InChI is InChI=1S/C8H17NOS/c10-5-8(6-11)7-1-3-9-4-2-7/h7-11H,1-6H2. The van der Waals surface area contributed by atoms with Crippen molar-refractivity contribution in [2.24, 2.45) is 11.8 Å². The Morgan fingerprint density at radius 1 is 1.45 bits per heavy atom. The topological polar surface area (TPSA) is 32.3 Å². The molecular formula is C8H17NOS. The molecule has 0 aliphatic carbocycles. The molecular weight excluding hydrogens is 158 g/mol. The van der Waals surface area contributed by atoms with E-state index in [-0.39, 0.29) is 0 Å². The maximum absolute atomic E-state index is 9.01. The summed E-state index contributed by atoms with van der Waals surface area (Å²) >= 11 is 4.23. The first-order valence-corrected chi connectivity index (χ1v) is 4.94. The molecule has 1 rings (SSSR count). The monoisotopic (exact) mass is 175 g/mol. The Hall–Kier alpha value is 0.270. The third-order valence-electron chi connectivity index (χ3n) is 2.52. The normalized spacial score (nSPS) is 23.5. The van der Waals surface area contributed by atoms with Crippen LogP contribution in [0.1, 0.15) is 12.8 Å². The largest absolute Gasteiger partial charge is 0.396 e. The van der Waals surface area contributed by atoms with E-state index in [1.165, 1.54) is 12.8 Å². The van der Waals surface area contributed by atoms with Crippen molar-refractivity contribution in [2.45, 2.75) is 12.8 Å². The summed E-state index contributed by atoms with van der Waals surface area (Å²) in [7, 11) is 0. The summed E-state index contributed by atoms with van der Waals surface area (Å²) in [5.74, 6) is 1.93. The van der Waals surface area contributed by atoms with Crippen molar-refractivity contribution in [1.29, 1.82) is 0 Å². The molecule has 0 amide bonds. The number of nitrogens with one attached hydrogen (secondary N) is 1. The van der Waals surface area contributed by atoms with Gasteiger partial charge in [0.25, 0.3) is 0 Å². The maximum Gasteiger partial charge on any atom is 0.0469 e. The quantitative estimate of drug-likeness (QED) is 0.547. The lowest BCUT2D eigenvalue weighted by atomic mass is 9.86. The number of rotatable bonds is 3. The van der Waals surface area contributed by atoms with Crippen LogP contribution in [-0.4, -0.2) is 30.6 Å². The molecule has 2 nitrogen and oxygen atoms in total. The van der Waals surface area contributed by atoms with Gasteiger partial charge in [-0.05, 0) is 43.5 Å². The second-order valence-electron chi connectivity index (χ2n) is 3.21. The Morgan fingerprint density at radius 3 is 2.55 bits per heavy atom. The van der Waals surface area contributed by atoms with E-state index >= 15 is 0 Å². The zero-order valence-electron chi connectivity index (χ0n) is 6.79. The molecule has 1 atom stereocenters. The summed E-state index contributed by atoms with van der Waals surface area (Å²) < 4.78 is 0. The van der Waals surface area contributed by atoms with E-state index in [0.717, 1.165) is 18.8 Å². The summed E-state index contributed by atoms with van der Waals surface area (Å²) in [5.41, 5.74) is 0. The van der Waals surface area contributed by atoms with E-state index in [1.807, 2.05) is 0 Å². The van der Waals surface area contributed by atoms with Crippen LogP contribution in [0.25, 0.3) is 0 Å². The maximum atomic E-state index is 9.01. The molecule has 1 aliphatic rings. The molecule has 0 aromatic carbocycles. The molecule has 0 aromatic rings. The van der Waals surface area contributed by atoms with Crippen LogP contribution in [0.4, 0.5) is 0 Å². The van der Waals surface area contributed by atoms with E-state index in [0.29, 0.717) is 18.4 Å². The summed E-state index contributed by atoms with van der Waals surface area (Å²) in [4.78, 5) is 0. The first kappa shape index (κ1) is 9.36. The lowest BCUT2D eigenvalue weighted by Crippen LogP contribution is -2.33. The van der Waals surface area contributed by atoms with Crippen LogP contribution in [-0.2, 0) is 0 Å². The van der Waals surface area contributed by atoms with Gasteiger partial charge < -0.3 is 10.4 Å². The minimum absolute atomic E-state index is 0.300. The summed E-state index contributed by atoms with van der Waals surface area (Å²) in [6.45, 7) is 2.51. The SMILES string of the molecule is OCC(CS)C1CCNCC1. The van der Waals surface area contributed by atoms with Crippen LogP contribution >= 0.6 is 12.6 Å². The smallest absolute Gasteiger partial charge is 0.0469 e. The number of aliphatic hydroxyl groups is 1. The fourth-order valence-electron chi connectivity index (χ4n) is 1.67. The lowest BCUT2D eigenvalue weighted by molar-refractivity contribution is 0.169. The third-order valence-corrected chi connectivity index (χ3v) is 2.99. The highest BCUT2D eigenvalue weighted by Crippen LogP contribution is 2.22. The van der Waals surface area contributed by atoms with E-state index in [1.54, 1.807) is 0 Å². The fraction of sp³-hybridized carbons (Fsp3) is 1.00.